The molecule has 1 amide bonds. The Balaban J connectivity index is 1.35. The van der Waals surface area contributed by atoms with Gasteiger partial charge in [-0.05, 0) is 54.5 Å². The van der Waals surface area contributed by atoms with Crippen molar-refractivity contribution < 1.29 is 13.9 Å². The second-order valence-corrected chi connectivity index (χ2v) is 9.83. The van der Waals surface area contributed by atoms with E-state index in [2.05, 4.69) is 32.0 Å². The summed E-state index contributed by atoms with van der Waals surface area (Å²) in [6.45, 7) is 9.51. The van der Waals surface area contributed by atoms with Crippen LogP contribution in [0.15, 0.2) is 36.7 Å². The van der Waals surface area contributed by atoms with Gasteiger partial charge in [-0.25, -0.2) is 4.98 Å². The highest BCUT2D eigenvalue weighted by Crippen LogP contribution is 2.32. The normalized spacial score (nSPS) is 17.6. The number of piperidine rings is 1. The second-order valence-electron chi connectivity index (χ2n) is 9.83. The first kappa shape index (κ1) is 24.6. The maximum absolute atomic E-state index is 13.9. The zero-order valence-corrected chi connectivity index (χ0v) is 21.0. The van der Waals surface area contributed by atoms with Gasteiger partial charge in [0.05, 0.1) is 24.9 Å². The number of morpholine rings is 1. The lowest BCUT2D eigenvalue weighted by atomic mass is 9.96. The highest BCUT2D eigenvalue weighted by molar-refractivity contribution is 5.95. The minimum absolute atomic E-state index is 0.154. The number of likely N-dealkylation sites (tertiary alicyclic amines) is 1. The van der Waals surface area contributed by atoms with Gasteiger partial charge in [0.25, 0.3) is 0 Å². The van der Waals surface area contributed by atoms with Gasteiger partial charge in [0, 0.05) is 76.1 Å². The van der Waals surface area contributed by atoms with Crippen LogP contribution in [0, 0.1) is 11.9 Å². The predicted octanol–water partition coefficient (Wildman–Crippen LogP) is 3.63. The number of nitrogens with one attached hydrogen (secondary N) is 1. The summed E-state index contributed by atoms with van der Waals surface area (Å²) in [6.07, 6.45) is 6.42. The average molecular weight is 495 g/mol. The quantitative estimate of drug-likeness (QED) is 0.482. The van der Waals surface area contributed by atoms with Gasteiger partial charge in [0.1, 0.15) is 0 Å². The lowest BCUT2D eigenvalue weighted by Crippen LogP contribution is -2.38. The second kappa shape index (κ2) is 11.3. The van der Waals surface area contributed by atoms with Crippen LogP contribution < -0.4 is 5.32 Å². The molecule has 1 N–H and O–H groups in total. The van der Waals surface area contributed by atoms with Crippen molar-refractivity contribution in [3.63, 3.8) is 0 Å². The van der Waals surface area contributed by atoms with E-state index in [9.17, 15) is 9.18 Å². The van der Waals surface area contributed by atoms with Crippen LogP contribution in [0.3, 0.4) is 0 Å². The highest BCUT2D eigenvalue weighted by Gasteiger charge is 2.21. The van der Waals surface area contributed by atoms with Crippen LogP contribution in [0.1, 0.15) is 26.2 Å². The standard InChI is InChI=1S/C27H35FN6O2/c1-20(35)33-9-4-21(5-10-33)18-30-25-15-23(22-3-6-29-27(28)17-22)16-26-24(25)19-31-34(26)8-2-7-32-11-13-36-14-12-32/h3,6,15-17,19,21,30H,2,4-5,7-14,18H2,1H3. The maximum Gasteiger partial charge on any atom is 0.219 e. The number of hydrogen-bond acceptors (Lipinski definition) is 6. The van der Waals surface area contributed by atoms with Crippen LogP contribution in [0.2, 0.25) is 0 Å². The van der Waals surface area contributed by atoms with Crippen molar-refractivity contribution in [2.24, 2.45) is 5.92 Å². The average Bonchev–Trinajstić information content (AvgIpc) is 3.31. The van der Waals surface area contributed by atoms with Crippen molar-refractivity contribution in [2.75, 3.05) is 57.8 Å². The molecule has 0 aliphatic carbocycles. The molecular formula is C27H35FN6O2. The first-order valence-corrected chi connectivity index (χ1v) is 13.0. The monoisotopic (exact) mass is 494 g/mol. The number of halogens is 1. The van der Waals surface area contributed by atoms with Gasteiger partial charge < -0.3 is 15.0 Å². The Morgan fingerprint density at radius 1 is 1.11 bits per heavy atom. The Kier molecular flexibility index (Phi) is 7.77. The number of anilines is 1. The van der Waals surface area contributed by atoms with Crippen LogP contribution >= 0.6 is 0 Å². The third-order valence-corrected chi connectivity index (χ3v) is 7.41. The van der Waals surface area contributed by atoms with E-state index in [0.29, 0.717) is 5.92 Å². The van der Waals surface area contributed by atoms with Crippen molar-refractivity contribution in [3.8, 4) is 11.1 Å². The number of hydrogen-bond donors (Lipinski definition) is 1. The zero-order valence-electron chi connectivity index (χ0n) is 21.0. The fraction of sp³-hybridized carbons (Fsp3) is 0.519. The molecule has 5 rings (SSSR count). The molecule has 2 aliphatic heterocycles. The van der Waals surface area contributed by atoms with Gasteiger partial charge in [-0.1, -0.05) is 0 Å². The number of fused-ring (bicyclic) bond motifs is 1. The number of ether oxygens (including phenoxy) is 1. The molecule has 2 fully saturated rings. The van der Waals surface area contributed by atoms with Gasteiger partial charge >= 0.3 is 0 Å². The van der Waals surface area contributed by atoms with Crippen LogP contribution in [-0.4, -0.2) is 83.0 Å². The predicted molar refractivity (Wildman–Crippen MR) is 138 cm³/mol. The Morgan fingerprint density at radius 2 is 1.92 bits per heavy atom. The molecule has 36 heavy (non-hydrogen) atoms. The van der Waals surface area contributed by atoms with E-state index in [0.717, 1.165) is 106 Å². The fourth-order valence-electron chi connectivity index (χ4n) is 5.23. The molecule has 2 saturated heterocycles. The van der Waals surface area contributed by atoms with E-state index in [1.165, 1.54) is 12.3 Å². The van der Waals surface area contributed by atoms with E-state index in [-0.39, 0.29) is 5.91 Å². The summed E-state index contributed by atoms with van der Waals surface area (Å²) in [7, 11) is 0. The Morgan fingerprint density at radius 3 is 2.67 bits per heavy atom. The van der Waals surface area contributed by atoms with Crippen molar-refractivity contribution >= 4 is 22.5 Å². The number of carbonyl (C=O) groups excluding carboxylic acids is 1. The first-order chi connectivity index (χ1) is 17.6. The summed E-state index contributed by atoms with van der Waals surface area (Å²) < 4.78 is 21.4. The van der Waals surface area contributed by atoms with E-state index >= 15 is 0 Å². The van der Waals surface area contributed by atoms with Gasteiger partial charge in [-0.2, -0.15) is 9.49 Å². The largest absolute Gasteiger partial charge is 0.384 e. The number of nitrogens with zero attached hydrogens (tertiary/aromatic N) is 5. The van der Waals surface area contributed by atoms with Crippen molar-refractivity contribution in [2.45, 2.75) is 32.7 Å². The number of benzene rings is 1. The molecule has 0 saturated carbocycles. The van der Waals surface area contributed by atoms with Gasteiger partial charge in [0.15, 0.2) is 0 Å². The first-order valence-electron chi connectivity index (χ1n) is 13.0. The molecule has 192 valence electrons. The number of rotatable bonds is 8. The van der Waals surface area contributed by atoms with Crippen molar-refractivity contribution in [1.82, 2.24) is 24.6 Å². The summed E-state index contributed by atoms with van der Waals surface area (Å²) in [4.78, 5) is 19.7. The van der Waals surface area contributed by atoms with E-state index in [1.54, 1.807) is 6.92 Å². The minimum Gasteiger partial charge on any atom is -0.384 e. The van der Waals surface area contributed by atoms with Crippen LogP contribution in [0.25, 0.3) is 22.0 Å². The molecule has 1 aromatic carbocycles. The molecule has 9 heteroatoms. The molecular weight excluding hydrogens is 459 g/mol. The number of pyridine rings is 1. The Labute approximate surface area is 211 Å². The summed E-state index contributed by atoms with van der Waals surface area (Å²) in [6, 6.07) is 7.50. The van der Waals surface area contributed by atoms with Gasteiger partial charge in [-0.3, -0.25) is 14.4 Å². The lowest BCUT2D eigenvalue weighted by Gasteiger charge is -2.31. The Bertz CT molecular complexity index is 1180. The zero-order chi connectivity index (χ0) is 24.9. The summed E-state index contributed by atoms with van der Waals surface area (Å²) in [5, 5.41) is 9.45. The van der Waals surface area contributed by atoms with E-state index in [4.69, 9.17) is 9.84 Å². The third-order valence-electron chi connectivity index (χ3n) is 7.41. The van der Waals surface area contributed by atoms with Crippen molar-refractivity contribution in [3.05, 3.63) is 42.6 Å². The molecule has 0 radical (unpaired) electrons. The topological polar surface area (TPSA) is 75.5 Å². The number of aromatic nitrogens is 3. The molecule has 2 aliphatic rings. The summed E-state index contributed by atoms with van der Waals surface area (Å²) in [5.41, 5.74) is 3.78. The highest BCUT2D eigenvalue weighted by atomic mass is 19.1. The molecule has 0 atom stereocenters. The maximum atomic E-state index is 13.9. The van der Waals surface area contributed by atoms with Gasteiger partial charge in [0.2, 0.25) is 11.9 Å². The smallest absolute Gasteiger partial charge is 0.219 e. The lowest BCUT2D eigenvalue weighted by molar-refractivity contribution is -0.130. The van der Waals surface area contributed by atoms with Crippen LogP contribution in [-0.2, 0) is 16.1 Å². The third kappa shape index (κ3) is 5.84. The molecule has 4 heterocycles. The number of carbonyl (C=O) groups is 1. The molecule has 0 unspecified atom stereocenters. The van der Waals surface area contributed by atoms with Crippen LogP contribution in [0.5, 0.6) is 0 Å². The molecule has 0 spiro atoms. The summed E-state index contributed by atoms with van der Waals surface area (Å²) in [5.74, 6) is 0.168. The molecule has 0 bridgehead atoms. The van der Waals surface area contributed by atoms with Crippen LogP contribution in [0.4, 0.5) is 10.1 Å². The van der Waals surface area contributed by atoms with Crippen molar-refractivity contribution in [1.29, 1.82) is 0 Å². The van der Waals surface area contributed by atoms with Gasteiger partial charge in [-0.15, -0.1) is 0 Å². The van der Waals surface area contributed by atoms with E-state index < -0.39 is 5.95 Å². The fourth-order valence-corrected chi connectivity index (χ4v) is 5.23. The molecule has 8 nitrogen and oxygen atoms in total. The SMILES string of the molecule is CC(=O)N1CCC(CNc2cc(-c3ccnc(F)c3)cc3c2cnn3CCCN2CCOCC2)CC1. The Hall–Kier alpha value is -3.04. The summed E-state index contributed by atoms with van der Waals surface area (Å²) >= 11 is 0. The number of aryl methyl sites for hydroxylation is 1. The van der Waals surface area contributed by atoms with E-state index in [1.807, 2.05) is 17.2 Å². The molecule has 2 aromatic heterocycles. The number of amides is 1. The minimum atomic E-state index is -0.488. The molecule has 3 aromatic rings.